The van der Waals surface area contributed by atoms with Gasteiger partial charge in [0.2, 0.25) is 0 Å². The summed E-state index contributed by atoms with van der Waals surface area (Å²) in [5, 5.41) is 8.64. The molecular formula is C11H15N5. The highest BCUT2D eigenvalue weighted by molar-refractivity contribution is 5.54. The van der Waals surface area contributed by atoms with E-state index in [1.807, 2.05) is 12.1 Å². The third-order valence-corrected chi connectivity index (χ3v) is 2.68. The number of hydrogen-bond acceptors (Lipinski definition) is 5. The Balaban J connectivity index is 2.14. The molecule has 0 amide bonds. The van der Waals surface area contributed by atoms with Crippen molar-refractivity contribution in [2.75, 3.05) is 16.9 Å². The summed E-state index contributed by atoms with van der Waals surface area (Å²) >= 11 is 0. The van der Waals surface area contributed by atoms with Gasteiger partial charge in [0.05, 0.1) is 12.5 Å². The number of nitrogen functional groups attached to an aromatic ring is 1. The van der Waals surface area contributed by atoms with Crippen LogP contribution in [-0.4, -0.2) is 17.6 Å². The first-order chi connectivity index (χ1) is 7.85. The number of nitrogens with zero attached hydrogens (tertiary/aromatic N) is 3. The Hall–Kier alpha value is -1.80. The molecule has 84 valence electrons. The summed E-state index contributed by atoms with van der Waals surface area (Å²) in [5.41, 5.74) is 3.62. The van der Waals surface area contributed by atoms with Crippen LogP contribution in [0, 0.1) is 11.3 Å². The van der Waals surface area contributed by atoms with Crippen molar-refractivity contribution in [3.8, 4) is 6.07 Å². The fourth-order valence-electron chi connectivity index (χ4n) is 1.76. The number of pyridine rings is 1. The molecular weight excluding hydrogens is 202 g/mol. The van der Waals surface area contributed by atoms with Gasteiger partial charge in [0.15, 0.2) is 0 Å². The van der Waals surface area contributed by atoms with Crippen LogP contribution >= 0.6 is 0 Å². The highest BCUT2D eigenvalue weighted by Crippen LogP contribution is 2.32. The number of nitrogens with two attached hydrogens (primary N) is 1. The van der Waals surface area contributed by atoms with Crippen LogP contribution in [0.1, 0.15) is 19.3 Å². The summed E-state index contributed by atoms with van der Waals surface area (Å²) in [7, 11) is 0. The highest BCUT2D eigenvalue weighted by Gasteiger charge is 2.28. The summed E-state index contributed by atoms with van der Waals surface area (Å²) < 4.78 is 0. The van der Waals surface area contributed by atoms with E-state index in [4.69, 9.17) is 11.1 Å². The van der Waals surface area contributed by atoms with E-state index in [0.717, 1.165) is 12.2 Å². The minimum absolute atomic E-state index is 0.546. The summed E-state index contributed by atoms with van der Waals surface area (Å²) in [6, 6.07) is 6.63. The third kappa shape index (κ3) is 2.41. The Bertz CT molecular complexity index is 394. The van der Waals surface area contributed by atoms with Crippen LogP contribution in [0.5, 0.6) is 0 Å². The summed E-state index contributed by atoms with van der Waals surface area (Å²) in [5.74, 6) is 5.98. The number of nitriles is 1. The average Bonchev–Trinajstić information content (AvgIpc) is 3.14. The normalized spacial score (nSPS) is 14.2. The van der Waals surface area contributed by atoms with Gasteiger partial charge in [0, 0.05) is 30.5 Å². The van der Waals surface area contributed by atoms with Gasteiger partial charge < -0.3 is 10.3 Å². The molecule has 3 N–H and O–H groups in total. The molecule has 0 aliphatic heterocycles. The molecule has 1 heterocycles. The molecule has 2 rings (SSSR count). The number of aromatic nitrogens is 1. The van der Waals surface area contributed by atoms with Crippen LogP contribution < -0.4 is 16.2 Å². The maximum absolute atomic E-state index is 8.64. The Kier molecular flexibility index (Phi) is 3.22. The Morgan fingerprint density at radius 3 is 3.06 bits per heavy atom. The van der Waals surface area contributed by atoms with E-state index in [2.05, 4.69) is 21.4 Å². The van der Waals surface area contributed by atoms with Crippen molar-refractivity contribution in [3.05, 3.63) is 18.3 Å². The second kappa shape index (κ2) is 4.81. The molecule has 16 heavy (non-hydrogen) atoms. The Labute approximate surface area is 94.8 Å². The second-order valence-corrected chi connectivity index (χ2v) is 3.88. The molecule has 1 aromatic rings. The number of rotatable bonds is 5. The van der Waals surface area contributed by atoms with Crippen molar-refractivity contribution < 1.29 is 0 Å². The molecule has 1 aliphatic rings. The molecule has 1 fully saturated rings. The Morgan fingerprint density at radius 2 is 2.44 bits per heavy atom. The number of hydrazine groups is 1. The summed E-state index contributed by atoms with van der Waals surface area (Å²) in [6.07, 6.45) is 4.69. The van der Waals surface area contributed by atoms with Crippen LogP contribution in [0.3, 0.4) is 0 Å². The van der Waals surface area contributed by atoms with E-state index < -0.39 is 0 Å². The van der Waals surface area contributed by atoms with Gasteiger partial charge in [-0.1, -0.05) is 0 Å². The molecule has 0 aromatic carbocycles. The van der Waals surface area contributed by atoms with Gasteiger partial charge >= 0.3 is 0 Å². The van der Waals surface area contributed by atoms with E-state index in [0.29, 0.717) is 18.3 Å². The van der Waals surface area contributed by atoms with Gasteiger partial charge in [-0.25, -0.2) is 10.8 Å². The largest absolute Gasteiger partial charge is 0.367 e. The van der Waals surface area contributed by atoms with Crippen LogP contribution in [-0.2, 0) is 0 Å². The van der Waals surface area contributed by atoms with Gasteiger partial charge in [-0.2, -0.15) is 5.26 Å². The standard InChI is InChI=1S/C11H15N5/c12-5-1-7-16(9-2-3-9)10-4-6-14-11(8-10)15-13/h4,6,8-9H,1-3,7,13H2,(H,14,15). The Morgan fingerprint density at radius 1 is 1.62 bits per heavy atom. The van der Waals surface area contributed by atoms with Gasteiger partial charge in [0.1, 0.15) is 5.82 Å². The average molecular weight is 217 g/mol. The van der Waals surface area contributed by atoms with Gasteiger partial charge in [-0.3, -0.25) is 0 Å². The lowest BCUT2D eigenvalue weighted by Gasteiger charge is -2.23. The molecule has 1 saturated carbocycles. The van der Waals surface area contributed by atoms with Crippen molar-refractivity contribution in [3.63, 3.8) is 0 Å². The first-order valence-electron chi connectivity index (χ1n) is 5.41. The zero-order valence-electron chi connectivity index (χ0n) is 9.06. The molecule has 0 atom stereocenters. The molecule has 0 bridgehead atoms. The van der Waals surface area contributed by atoms with Crippen LogP contribution in [0.25, 0.3) is 0 Å². The smallest absolute Gasteiger partial charge is 0.141 e. The molecule has 0 spiro atoms. The minimum Gasteiger partial charge on any atom is -0.367 e. The van der Waals surface area contributed by atoms with Gasteiger partial charge in [-0.05, 0) is 18.9 Å². The molecule has 5 heteroatoms. The van der Waals surface area contributed by atoms with Crippen LogP contribution in [0.2, 0.25) is 0 Å². The predicted octanol–water partition coefficient (Wildman–Crippen LogP) is 1.25. The summed E-state index contributed by atoms with van der Waals surface area (Å²) in [6.45, 7) is 0.773. The summed E-state index contributed by atoms with van der Waals surface area (Å²) in [4.78, 5) is 6.33. The van der Waals surface area contributed by atoms with Crippen LogP contribution in [0.4, 0.5) is 11.5 Å². The van der Waals surface area contributed by atoms with Crippen molar-refractivity contribution in [2.45, 2.75) is 25.3 Å². The fourth-order valence-corrected chi connectivity index (χ4v) is 1.76. The van der Waals surface area contributed by atoms with E-state index >= 15 is 0 Å². The maximum atomic E-state index is 8.64. The van der Waals surface area contributed by atoms with E-state index in [-0.39, 0.29) is 0 Å². The monoisotopic (exact) mass is 217 g/mol. The molecule has 5 nitrogen and oxygen atoms in total. The molecule has 1 aromatic heterocycles. The second-order valence-electron chi connectivity index (χ2n) is 3.88. The van der Waals surface area contributed by atoms with Gasteiger partial charge in [0.25, 0.3) is 0 Å². The third-order valence-electron chi connectivity index (χ3n) is 2.68. The molecule has 0 unspecified atom stereocenters. The zero-order valence-corrected chi connectivity index (χ0v) is 9.06. The van der Waals surface area contributed by atoms with Crippen molar-refractivity contribution in [1.29, 1.82) is 5.26 Å². The molecule has 1 aliphatic carbocycles. The van der Waals surface area contributed by atoms with Crippen molar-refractivity contribution in [2.24, 2.45) is 5.84 Å². The van der Waals surface area contributed by atoms with E-state index in [9.17, 15) is 0 Å². The lowest BCUT2D eigenvalue weighted by atomic mass is 10.3. The maximum Gasteiger partial charge on any atom is 0.141 e. The number of nitrogens with one attached hydrogen (secondary N) is 1. The van der Waals surface area contributed by atoms with Crippen molar-refractivity contribution >= 4 is 11.5 Å². The van der Waals surface area contributed by atoms with Gasteiger partial charge in [-0.15, -0.1) is 0 Å². The minimum atomic E-state index is 0.546. The SMILES string of the molecule is N#CCCN(c1ccnc(NN)c1)C1CC1. The first kappa shape index (κ1) is 10.7. The topological polar surface area (TPSA) is 78.0 Å². The lowest BCUT2D eigenvalue weighted by molar-refractivity contribution is 0.792. The molecule has 0 saturated heterocycles. The van der Waals surface area contributed by atoms with E-state index in [1.165, 1.54) is 12.8 Å². The fraction of sp³-hybridized carbons (Fsp3) is 0.455. The number of anilines is 2. The highest BCUT2D eigenvalue weighted by atomic mass is 15.3. The zero-order chi connectivity index (χ0) is 11.4. The lowest BCUT2D eigenvalue weighted by Crippen LogP contribution is -2.26. The quantitative estimate of drug-likeness (QED) is 0.573. The first-order valence-corrected chi connectivity index (χ1v) is 5.41. The van der Waals surface area contributed by atoms with Crippen molar-refractivity contribution in [1.82, 2.24) is 4.98 Å². The van der Waals surface area contributed by atoms with E-state index in [1.54, 1.807) is 6.20 Å². The predicted molar refractivity (Wildman–Crippen MR) is 62.6 cm³/mol. The molecule has 0 radical (unpaired) electrons. The van der Waals surface area contributed by atoms with Crippen LogP contribution in [0.15, 0.2) is 18.3 Å². The number of hydrogen-bond donors (Lipinski definition) is 2.